The number of aryl methyl sites for hydroxylation is 1. The third kappa shape index (κ3) is 4.73. The molecule has 0 saturated carbocycles. The fourth-order valence-corrected chi connectivity index (χ4v) is 3.56. The van der Waals surface area contributed by atoms with Gasteiger partial charge in [-0.15, -0.1) is 11.8 Å². The van der Waals surface area contributed by atoms with Crippen LogP contribution >= 0.6 is 23.4 Å². The molecule has 112 valence electrons. The van der Waals surface area contributed by atoms with Gasteiger partial charge in [-0.2, -0.15) is 0 Å². The van der Waals surface area contributed by atoms with E-state index in [1.54, 1.807) is 23.9 Å². The highest BCUT2D eigenvalue weighted by atomic mass is 35.5. The Morgan fingerprint density at radius 1 is 1.24 bits per heavy atom. The van der Waals surface area contributed by atoms with E-state index in [0.717, 1.165) is 33.3 Å². The first-order chi connectivity index (χ1) is 10.1. The second-order valence-corrected chi connectivity index (χ2v) is 6.38. The maximum absolute atomic E-state index is 13.6. The van der Waals surface area contributed by atoms with Crippen LogP contribution in [0.25, 0.3) is 0 Å². The van der Waals surface area contributed by atoms with Gasteiger partial charge in [-0.3, -0.25) is 0 Å². The van der Waals surface area contributed by atoms with Gasteiger partial charge in [0.15, 0.2) is 0 Å². The zero-order valence-corrected chi connectivity index (χ0v) is 13.8. The Morgan fingerprint density at radius 3 is 2.67 bits per heavy atom. The van der Waals surface area contributed by atoms with Gasteiger partial charge < -0.3 is 5.32 Å². The van der Waals surface area contributed by atoms with Crippen LogP contribution in [-0.4, -0.2) is 12.3 Å². The van der Waals surface area contributed by atoms with Gasteiger partial charge in [0.1, 0.15) is 5.82 Å². The van der Waals surface area contributed by atoms with Crippen molar-refractivity contribution in [2.24, 2.45) is 0 Å². The van der Waals surface area contributed by atoms with Crippen LogP contribution in [0, 0.1) is 12.7 Å². The SMILES string of the molecule is CCNC(CSc1ccccc1Cl)c1cc(C)cc(F)c1. The van der Waals surface area contributed by atoms with Gasteiger partial charge >= 0.3 is 0 Å². The van der Waals surface area contributed by atoms with E-state index >= 15 is 0 Å². The molecular formula is C17H19ClFNS. The third-order valence-corrected chi connectivity index (χ3v) is 4.77. The van der Waals surface area contributed by atoms with Crippen LogP contribution in [0.5, 0.6) is 0 Å². The first-order valence-electron chi connectivity index (χ1n) is 6.98. The van der Waals surface area contributed by atoms with Crippen LogP contribution in [-0.2, 0) is 0 Å². The second kappa shape index (κ2) is 7.83. The smallest absolute Gasteiger partial charge is 0.123 e. The molecule has 2 aromatic carbocycles. The highest BCUT2D eigenvalue weighted by Crippen LogP contribution is 2.30. The minimum absolute atomic E-state index is 0.102. The molecule has 21 heavy (non-hydrogen) atoms. The molecule has 0 heterocycles. The van der Waals surface area contributed by atoms with Crippen molar-refractivity contribution < 1.29 is 4.39 Å². The van der Waals surface area contributed by atoms with E-state index in [-0.39, 0.29) is 11.9 Å². The van der Waals surface area contributed by atoms with Crippen LogP contribution in [0.4, 0.5) is 4.39 Å². The largest absolute Gasteiger partial charge is 0.309 e. The second-order valence-electron chi connectivity index (χ2n) is 4.91. The van der Waals surface area contributed by atoms with Crippen molar-refractivity contribution in [3.8, 4) is 0 Å². The quantitative estimate of drug-likeness (QED) is 0.730. The summed E-state index contributed by atoms with van der Waals surface area (Å²) in [6.07, 6.45) is 0. The number of nitrogens with one attached hydrogen (secondary N) is 1. The molecule has 0 amide bonds. The van der Waals surface area contributed by atoms with Gasteiger partial charge in [-0.1, -0.05) is 36.7 Å². The van der Waals surface area contributed by atoms with Crippen molar-refractivity contribution in [2.45, 2.75) is 24.8 Å². The predicted molar refractivity (Wildman–Crippen MR) is 89.7 cm³/mol. The number of thioether (sulfide) groups is 1. The summed E-state index contributed by atoms with van der Waals surface area (Å²) >= 11 is 7.86. The molecule has 1 N–H and O–H groups in total. The van der Waals surface area contributed by atoms with Gasteiger partial charge in [0.2, 0.25) is 0 Å². The lowest BCUT2D eigenvalue weighted by Gasteiger charge is -2.19. The minimum Gasteiger partial charge on any atom is -0.309 e. The van der Waals surface area contributed by atoms with E-state index in [2.05, 4.69) is 12.2 Å². The van der Waals surface area contributed by atoms with Gasteiger partial charge in [0.05, 0.1) is 5.02 Å². The Kier molecular flexibility index (Phi) is 6.09. The first kappa shape index (κ1) is 16.3. The van der Waals surface area contributed by atoms with Gasteiger partial charge in [0.25, 0.3) is 0 Å². The zero-order chi connectivity index (χ0) is 15.2. The third-order valence-electron chi connectivity index (χ3n) is 3.16. The highest BCUT2D eigenvalue weighted by molar-refractivity contribution is 7.99. The molecule has 0 aliphatic rings. The Labute approximate surface area is 134 Å². The molecule has 0 aliphatic heterocycles. The maximum atomic E-state index is 13.6. The summed E-state index contributed by atoms with van der Waals surface area (Å²) in [5, 5.41) is 4.17. The molecule has 0 radical (unpaired) electrons. The maximum Gasteiger partial charge on any atom is 0.123 e. The molecule has 1 atom stereocenters. The van der Waals surface area contributed by atoms with Gasteiger partial charge in [-0.05, 0) is 48.9 Å². The summed E-state index contributed by atoms with van der Waals surface area (Å²) in [5.74, 6) is 0.621. The summed E-state index contributed by atoms with van der Waals surface area (Å²) in [7, 11) is 0. The lowest BCUT2D eigenvalue weighted by atomic mass is 10.1. The average molecular weight is 324 g/mol. The summed E-state index contributed by atoms with van der Waals surface area (Å²) in [5.41, 5.74) is 1.92. The Balaban J connectivity index is 2.14. The minimum atomic E-state index is -0.185. The van der Waals surface area contributed by atoms with E-state index < -0.39 is 0 Å². The van der Waals surface area contributed by atoms with Crippen molar-refractivity contribution in [1.29, 1.82) is 0 Å². The Hall–Kier alpha value is -1.03. The van der Waals surface area contributed by atoms with Crippen molar-refractivity contribution in [1.82, 2.24) is 5.32 Å². The molecule has 0 saturated heterocycles. The molecule has 1 unspecified atom stereocenters. The number of halogens is 2. The van der Waals surface area contributed by atoms with E-state index in [4.69, 9.17) is 11.6 Å². The fourth-order valence-electron chi connectivity index (χ4n) is 2.22. The number of hydrogen-bond acceptors (Lipinski definition) is 2. The molecule has 0 spiro atoms. The van der Waals surface area contributed by atoms with E-state index in [1.807, 2.05) is 37.3 Å². The van der Waals surface area contributed by atoms with Crippen LogP contribution in [0.2, 0.25) is 5.02 Å². The Bertz CT molecular complexity index is 583. The van der Waals surface area contributed by atoms with Crippen molar-refractivity contribution >= 4 is 23.4 Å². The van der Waals surface area contributed by atoms with E-state index in [0.29, 0.717) is 0 Å². The zero-order valence-electron chi connectivity index (χ0n) is 12.2. The van der Waals surface area contributed by atoms with Crippen LogP contribution < -0.4 is 5.32 Å². The Morgan fingerprint density at radius 2 is 2.00 bits per heavy atom. The first-order valence-corrected chi connectivity index (χ1v) is 8.34. The summed E-state index contributed by atoms with van der Waals surface area (Å²) in [6.45, 7) is 4.80. The van der Waals surface area contributed by atoms with Crippen LogP contribution in [0.1, 0.15) is 24.1 Å². The fraction of sp³-hybridized carbons (Fsp3) is 0.294. The summed E-state index contributed by atoms with van der Waals surface area (Å²) < 4.78 is 13.6. The van der Waals surface area contributed by atoms with Gasteiger partial charge in [-0.25, -0.2) is 4.39 Å². The van der Waals surface area contributed by atoms with Crippen molar-refractivity contribution in [3.05, 3.63) is 64.4 Å². The van der Waals surface area contributed by atoms with E-state index in [1.165, 1.54) is 0 Å². The molecule has 2 aromatic rings. The summed E-state index contributed by atoms with van der Waals surface area (Å²) in [4.78, 5) is 1.05. The molecule has 0 fully saturated rings. The summed E-state index contributed by atoms with van der Waals surface area (Å²) in [6, 6.07) is 13.1. The molecule has 0 aromatic heterocycles. The van der Waals surface area contributed by atoms with Gasteiger partial charge in [0, 0.05) is 16.7 Å². The number of rotatable bonds is 6. The molecule has 0 bridgehead atoms. The molecule has 2 rings (SSSR count). The average Bonchev–Trinajstić information content (AvgIpc) is 2.44. The van der Waals surface area contributed by atoms with Crippen LogP contribution in [0.3, 0.4) is 0 Å². The lowest BCUT2D eigenvalue weighted by Crippen LogP contribution is -2.23. The molecule has 0 aliphatic carbocycles. The van der Waals surface area contributed by atoms with Crippen LogP contribution in [0.15, 0.2) is 47.4 Å². The van der Waals surface area contributed by atoms with Crippen molar-refractivity contribution in [2.75, 3.05) is 12.3 Å². The normalized spacial score (nSPS) is 12.4. The highest BCUT2D eigenvalue weighted by Gasteiger charge is 2.13. The van der Waals surface area contributed by atoms with Crippen molar-refractivity contribution in [3.63, 3.8) is 0 Å². The molecule has 1 nitrogen and oxygen atoms in total. The molecular weight excluding hydrogens is 305 g/mol. The number of benzene rings is 2. The topological polar surface area (TPSA) is 12.0 Å². The molecule has 4 heteroatoms. The monoisotopic (exact) mass is 323 g/mol. The number of hydrogen-bond donors (Lipinski definition) is 1. The predicted octanol–water partition coefficient (Wildman–Crippen LogP) is 5.23. The van der Waals surface area contributed by atoms with E-state index in [9.17, 15) is 4.39 Å². The standard InChI is InChI=1S/C17H19ClFNS/c1-3-20-16(13-8-12(2)9-14(19)10-13)11-21-17-7-5-4-6-15(17)18/h4-10,16,20H,3,11H2,1-2H3. The lowest BCUT2D eigenvalue weighted by molar-refractivity contribution is 0.587.